The summed E-state index contributed by atoms with van der Waals surface area (Å²) in [6.07, 6.45) is 3.84. The van der Waals surface area contributed by atoms with Gasteiger partial charge in [-0.25, -0.2) is 4.98 Å². The molecule has 0 amide bonds. The van der Waals surface area contributed by atoms with E-state index in [9.17, 15) is 0 Å². The van der Waals surface area contributed by atoms with Gasteiger partial charge in [0.05, 0.1) is 10.7 Å². The van der Waals surface area contributed by atoms with Crippen molar-refractivity contribution < 1.29 is 0 Å². The van der Waals surface area contributed by atoms with Crippen LogP contribution in [0.1, 0.15) is 30.5 Å². The van der Waals surface area contributed by atoms with E-state index >= 15 is 0 Å². The number of aromatic nitrogens is 1. The minimum Gasteiger partial charge on any atom is -0.325 e. The molecule has 1 atom stereocenters. The van der Waals surface area contributed by atoms with Crippen molar-refractivity contribution in [3.05, 3.63) is 16.1 Å². The summed E-state index contributed by atoms with van der Waals surface area (Å²) in [5, 5.41) is 3.36. The van der Waals surface area contributed by atoms with Gasteiger partial charge in [-0.15, -0.1) is 11.3 Å². The van der Waals surface area contributed by atoms with Gasteiger partial charge in [-0.2, -0.15) is 0 Å². The van der Waals surface area contributed by atoms with Gasteiger partial charge in [-0.05, 0) is 31.8 Å². The first-order valence-corrected chi connectivity index (χ1v) is 7.05. The summed E-state index contributed by atoms with van der Waals surface area (Å²) in [7, 11) is 0. The second kappa shape index (κ2) is 5.75. The van der Waals surface area contributed by atoms with Gasteiger partial charge >= 0.3 is 0 Å². The predicted octanol–water partition coefficient (Wildman–Crippen LogP) is 1.88. The molecule has 0 aromatic carbocycles. The summed E-state index contributed by atoms with van der Waals surface area (Å²) < 4.78 is 0. The van der Waals surface area contributed by atoms with E-state index in [2.05, 4.69) is 22.2 Å². The maximum Gasteiger partial charge on any atom is 0.0932 e. The van der Waals surface area contributed by atoms with E-state index < -0.39 is 0 Å². The second-order valence-electron chi connectivity index (χ2n) is 4.54. The molecule has 1 fully saturated rings. The summed E-state index contributed by atoms with van der Waals surface area (Å²) in [5.41, 5.74) is 6.62. The zero-order valence-corrected chi connectivity index (χ0v) is 10.8. The molecule has 2 N–H and O–H groups in total. The van der Waals surface area contributed by atoms with Gasteiger partial charge in [0.15, 0.2) is 0 Å². The van der Waals surface area contributed by atoms with Gasteiger partial charge in [0.2, 0.25) is 0 Å². The van der Waals surface area contributed by atoms with Crippen molar-refractivity contribution >= 4 is 11.3 Å². The smallest absolute Gasteiger partial charge is 0.0932 e. The minimum atomic E-state index is 0.572. The monoisotopic (exact) mass is 239 g/mol. The molecule has 0 bridgehead atoms. The van der Waals surface area contributed by atoms with Crippen LogP contribution in [0.4, 0.5) is 0 Å². The van der Waals surface area contributed by atoms with E-state index in [-0.39, 0.29) is 0 Å². The van der Waals surface area contributed by atoms with Crippen molar-refractivity contribution in [2.75, 3.05) is 19.6 Å². The van der Waals surface area contributed by atoms with E-state index in [1.165, 1.54) is 37.5 Å². The summed E-state index contributed by atoms with van der Waals surface area (Å²) in [4.78, 5) is 7.10. The van der Waals surface area contributed by atoms with Crippen LogP contribution in [0, 0.1) is 5.92 Å². The molecule has 1 saturated heterocycles. The number of nitrogens with two attached hydrogens (primary N) is 1. The lowest BCUT2D eigenvalue weighted by atomic mass is 9.95. The van der Waals surface area contributed by atoms with Crippen LogP contribution in [0.3, 0.4) is 0 Å². The minimum absolute atomic E-state index is 0.572. The van der Waals surface area contributed by atoms with Gasteiger partial charge < -0.3 is 10.6 Å². The SMILES string of the molecule is CCN1CCCC(Cc2nc(CN)cs2)C1. The third kappa shape index (κ3) is 3.03. The van der Waals surface area contributed by atoms with Crippen molar-refractivity contribution in [2.24, 2.45) is 11.7 Å². The Morgan fingerprint density at radius 2 is 2.50 bits per heavy atom. The Bertz CT molecular complexity index is 324. The summed E-state index contributed by atoms with van der Waals surface area (Å²) in [5.74, 6) is 0.797. The fourth-order valence-corrected chi connectivity index (χ4v) is 3.31. The molecule has 2 rings (SSSR count). The molecule has 1 aromatic rings. The van der Waals surface area contributed by atoms with Crippen molar-refractivity contribution in [1.29, 1.82) is 0 Å². The maximum absolute atomic E-state index is 5.58. The van der Waals surface area contributed by atoms with E-state index in [0.29, 0.717) is 6.54 Å². The first-order chi connectivity index (χ1) is 7.81. The first kappa shape index (κ1) is 12.0. The molecule has 0 aliphatic carbocycles. The highest BCUT2D eigenvalue weighted by Gasteiger charge is 2.19. The molecule has 1 aliphatic rings. The Morgan fingerprint density at radius 1 is 1.62 bits per heavy atom. The number of piperidine rings is 1. The number of hydrogen-bond donors (Lipinski definition) is 1. The van der Waals surface area contributed by atoms with Crippen molar-refractivity contribution in [1.82, 2.24) is 9.88 Å². The number of rotatable bonds is 4. The predicted molar refractivity (Wildman–Crippen MR) is 68.5 cm³/mol. The van der Waals surface area contributed by atoms with Crippen LogP contribution in [0.25, 0.3) is 0 Å². The molecule has 90 valence electrons. The molecule has 0 saturated carbocycles. The normalized spacial score (nSPS) is 22.5. The van der Waals surface area contributed by atoms with Crippen molar-refractivity contribution in [3.63, 3.8) is 0 Å². The highest BCUT2D eigenvalue weighted by molar-refractivity contribution is 7.09. The van der Waals surface area contributed by atoms with E-state index in [1.54, 1.807) is 11.3 Å². The molecule has 3 nitrogen and oxygen atoms in total. The zero-order chi connectivity index (χ0) is 11.4. The van der Waals surface area contributed by atoms with Crippen LogP contribution in [0.15, 0.2) is 5.38 Å². The maximum atomic E-state index is 5.58. The lowest BCUT2D eigenvalue weighted by Crippen LogP contribution is -2.35. The lowest BCUT2D eigenvalue weighted by Gasteiger charge is -2.31. The van der Waals surface area contributed by atoms with Crippen LogP contribution in [-0.4, -0.2) is 29.5 Å². The van der Waals surface area contributed by atoms with Crippen molar-refractivity contribution in [2.45, 2.75) is 32.7 Å². The summed E-state index contributed by atoms with van der Waals surface area (Å²) >= 11 is 1.77. The topological polar surface area (TPSA) is 42.2 Å². The summed E-state index contributed by atoms with van der Waals surface area (Å²) in [6.45, 7) is 6.52. The summed E-state index contributed by atoms with van der Waals surface area (Å²) in [6, 6.07) is 0. The molecule has 1 aliphatic heterocycles. The molecule has 0 spiro atoms. The fraction of sp³-hybridized carbons (Fsp3) is 0.750. The van der Waals surface area contributed by atoms with Gasteiger partial charge in [0.1, 0.15) is 0 Å². The van der Waals surface area contributed by atoms with Crippen LogP contribution in [0.5, 0.6) is 0 Å². The fourth-order valence-electron chi connectivity index (χ4n) is 2.39. The van der Waals surface area contributed by atoms with Gasteiger partial charge in [0, 0.05) is 24.9 Å². The average Bonchev–Trinajstić information content (AvgIpc) is 2.77. The van der Waals surface area contributed by atoms with Gasteiger partial charge in [-0.1, -0.05) is 6.92 Å². The van der Waals surface area contributed by atoms with Crippen LogP contribution in [-0.2, 0) is 13.0 Å². The Kier molecular flexibility index (Phi) is 4.32. The molecule has 0 radical (unpaired) electrons. The van der Waals surface area contributed by atoms with Gasteiger partial charge in [0.25, 0.3) is 0 Å². The van der Waals surface area contributed by atoms with Crippen LogP contribution in [0.2, 0.25) is 0 Å². The molecular formula is C12H21N3S. The molecular weight excluding hydrogens is 218 g/mol. The molecule has 16 heavy (non-hydrogen) atoms. The largest absolute Gasteiger partial charge is 0.325 e. The zero-order valence-electron chi connectivity index (χ0n) is 9.98. The van der Waals surface area contributed by atoms with E-state index in [4.69, 9.17) is 5.73 Å². The highest BCUT2D eigenvalue weighted by atomic mass is 32.1. The van der Waals surface area contributed by atoms with Crippen molar-refractivity contribution in [3.8, 4) is 0 Å². The van der Waals surface area contributed by atoms with E-state index in [0.717, 1.165) is 18.0 Å². The lowest BCUT2D eigenvalue weighted by molar-refractivity contribution is 0.182. The Balaban J connectivity index is 1.88. The standard InChI is InChI=1S/C12H21N3S/c1-2-15-5-3-4-10(8-15)6-12-14-11(7-13)9-16-12/h9-10H,2-8,13H2,1H3. The Morgan fingerprint density at radius 3 is 3.19 bits per heavy atom. The number of thiazole rings is 1. The second-order valence-corrected chi connectivity index (χ2v) is 5.48. The molecule has 2 heterocycles. The number of hydrogen-bond acceptors (Lipinski definition) is 4. The van der Waals surface area contributed by atoms with E-state index in [1.807, 2.05) is 0 Å². The molecule has 1 unspecified atom stereocenters. The number of nitrogens with zero attached hydrogens (tertiary/aromatic N) is 2. The Labute approximate surface area is 102 Å². The van der Waals surface area contributed by atoms with Gasteiger partial charge in [-0.3, -0.25) is 0 Å². The van der Waals surface area contributed by atoms with Crippen LogP contribution < -0.4 is 5.73 Å². The third-order valence-electron chi connectivity index (χ3n) is 3.32. The molecule has 1 aromatic heterocycles. The Hall–Kier alpha value is -0.450. The number of likely N-dealkylation sites (tertiary alicyclic amines) is 1. The third-order valence-corrected chi connectivity index (χ3v) is 4.24. The highest BCUT2D eigenvalue weighted by Crippen LogP contribution is 2.22. The molecule has 4 heteroatoms. The quantitative estimate of drug-likeness (QED) is 0.872. The first-order valence-electron chi connectivity index (χ1n) is 6.17. The average molecular weight is 239 g/mol. The van der Waals surface area contributed by atoms with Crippen LogP contribution >= 0.6 is 11.3 Å².